The van der Waals surface area contributed by atoms with Gasteiger partial charge in [-0.1, -0.05) is 23.7 Å². The maximum atomic E-state index is 13.1. The fourth-order valence-corrected chi connectivity index (χ4v) is 3.78. The molecule has 0 aliphatic rings. The molecule has 22 heavy (non-hydrogen) atoms. The molecule has 0 fully saturated rings. The van der Waals surface area contributed by atoms with E-state index >= 15 is 0 Å². The number of ether oxygens (including phenoxy) is 1. The highest BCUT2D eigenvalue weighted by Crippen LogP contribution is 2.25. The second kappa shape index (κ2) is 6.62. The van der Waals surface area contributed by atoms with E-state index in [1.54, 1.807) is 12.1 Å². The minimum absolute atomic E-state index is 0.184. The number of methoxy groups -OCH3 is 1. The quantitative estimate of drug-likeness (QED) is 0.828. The van der Waals surface area contributed by atoms with Gasteiger partial charge in [0.2, 0.25) is 0 Å². The van der Waals surface area contributed by atoms with E-state index in [2.05, 4.69) is 0 Å². The van der Waals surface area contributed by atoms with Crippen LogP contribution in [-0.4, -0.2) is 15.5 Å². The van der Waals surface area contributed by atoms with Crippen molar-refractivity contribution in [3.05, 3.63) is 64.2 Å². The van der Waals surface area contributed by atoms with Gasteiger partial charge < -0.3 is 4.74 Å². The zero-order valence-electron chi connectivity index (χ0n) is 11.6. The highest BCUT2D eigenvalue weighted by atomic mass is 35.5. The van der Waals surface area contributed by atoms with E-state index in [-0.39, 0.29) is 16.3 Å². The van der Waals surface area contributed by atoms with Crippen molar-refractivity contribution in [2.75, 3.05) is 7.11 Å². The van der Waals surface area contributed by atoms with Crippen molar-refractivity contribution < 1.29 is 21.9 Å². The van der Waals surface area contributed by atoms with Crippen molar-refractivity contribution in [2.24, 2.45) is 0 Å². The number of hydrogen-bond acceptors (Lipinski definition) is 3. The maximum absolute atomic E-state index is 13.1. The summed E-state index contributed by atoms with van der Waals surface area (Å²) in [5, 5.41) is 0.271. The summed E-state index contributed by atoms with van der Waals surface area (Å²) in [4.78, 5) is 0. The van der Waals surface area contributed by atoms with Crippen LogP contribution in [0.25, 0.3) is 0 Å². The van der Waals surface area contributed by atoms with Gasteiger partial charge in [0.05, 0.1) is 18.6 Å². The molecule has 0 saturated carbocycles. The van der Waals surface area contributed by atoms with Crippen molar-refractivity contribution in [3.63, 3.8) is 0 Å². The molecular formula is C15H13ClF2O3S. The Hall–Kier alpha value is -1.66. The molecule has 0 radical (unpaired) electrons. The van der Waals surface area contributed by atoms with Crippen LogP contribution in [0.5, 0.6) is 5.75 Å². The first kappa shape index (κ1) is 16.7. The summed E-state index contributed by atoms with van der Waals surface area (Å²) < 4.78 is 55.3. The van der Waals surface area contributed by atoms with Crippen LogP contribution in [0.2, 0.25) is 5.02 Å². The van der Waals surface area contributed by atoms with E-state index < -0.39 is 27.2 Å². The molecule has 0 bridgehead atoms. The monoisotopic (exact) mass is 346 g/mol. The lowest BCUT2D eigenvalue weighted by atomic mass is 10.2. The van der Waals surface area contributed by atoms with E-state index in [0.29, 0.717) is 11.3 Å². The van der Waals surface area contributed by atoms with E-state index in [9.17, 15) is 17.2 Å². The molecule has 2 aromatic carbocycles. The van der Waals surface area contributed by atoms with Gasteiger partial charge in [0, 0.05) is 5.02 Å². The maximum Gasteiger partial charge on any atom is 0.159 e. The van der Waals surface area contributed by atoms with E-state index in [1.165, 1.54) is 19.2 Å². The highest BCUT2D eigenvalue weighted by molar-refractivity contribution is 7.89. The summed E-state index contributed by atoms with van der Waals surface area (Å²) in [6, 6.07) is 7.71. The van der Waals surface area contributed by atoms with Gasteiger partial charge in [-0.2, -0.15) is 0 Å². The van der Waals surface area contributed by atoms with Gasteiger partial charge in [-0.3, -0.25) is 0 Å². The summed E-state index contributed by atoms with van der Waals surface area (Å²) in [5.41, 5.74) is 0.605. The van der Waals surface area contributed by atoms with Gasteiger partial charge in [0.25, 0.3) is 0 Å². The van der Waals surface area contributed by atoms with E-state index in [4.69, 9.17) is 16.3 Å². The van der Waals surface area contributed by atoms with Crippen molar-refractivity contribution in [2.45, 2.75) is 11.5 Å². The molecule has 3 nitrogen and oxygen atoms in total. The number of benzene rings is 2. The fourth-order valence-electron chi connectivity index (χ4n) is 1.94. The second-order valence-corrected chi connectivity index (χ2v) is 7.21. The molecule has 0 N–H and O–H groups in total. The number of rotatable bonds is 5. The predicted molar refractivity (Wildman–Crippen MR) is 80.7 cm³/mol. The molecule has 7 heteroatoms. The average Bonchev–Trinajstić information content (AvgIpc) is 2.44. The molecule has 0 amide bonds. The lowest BCUT2D eigenvalue weighted by molar-refractivity contribution is 0.414. The first-order valence-electron chi connectivity index (χ1n) is 6.27. The molecule has 0 atom stereocenters. The average molecular weight is 347 g/mol. The summed E-state index contributed by atoms with van der Waals surface area (Å²) >= 11 is 6.01. The van der Waals surface area contributed by atoms with Crippen LogP contribution in [0, 0.1) is 11.6 Å². The Morgan fingerprint density at radius 1 is 1.05 bits per heavy atom. The third-order valence-corrected chi connectivity index (χ3v) is 4.88. The third kappa shape index (κ3) is 4.18. The summed E-state index contributed by atoms with van der Waals surface area (Å²) in [5.74, 6) is -2.26. The predicted octanol–water partition coefficient (Wildman–Crippen LogP) is 3.74. The van der Waals surface area contributed by atoms with Crippen molar-refractivity contribution in [1.29, 1.82) is 0 Å². The molecule has 0 aliphatic carbocycles. The van der Waals surface area contributed by atoms with Crippen LogP contribution in [0.1, 0.15) is 11.1 Å². The molecule has 0 unspecified atom stereocenters. The fraction of sp³-hybridized carbons (Fsp3) is 0.200. The number of hydrogen-bond donors (Lipinski definition) is 0. The largest absolute Gasteiger partial charge is 0.497 e. The minimum atomic E-state index is -3.57. The number of halogens is 3. The van der Waals surface area contributed by atoms with Crippen LogP contribution >= 0.6 is 11.6 Å². The summed E-state index contributed by atoms with van der Waals surface area (Å²) in [6.45, 7) is 0. The molecule has 2 rings (SSSR count). The molecule has 0 aromatic heterocycles. The van der Waals surface area contributed by atoms with Crippen LogP contribution < -0.4 is 4.74 Å². The van der Waals surface area contributed by atoms with Gasteiger partial charge in [0.1, 0.15) is 5.75 Å². The zero-order valence-corrected chi connectivity index (χ0v) is 13.2. The molecule has 0 spiro atoms. The molecular weight excluding hydrogens is 334 g/mol. The van der Waals surface area contributed by atoms with Gasteiger partial charge in [-0.15, -0.1) is 0 Å². The molecule has 118 valence electrons. The van der Waals surface area contributed by atoms with Crippen molar-refractivity contribution in [3.8, 4) is 5.75 Å². The van der Waals surface area contributed by atoms with Crippen LogP contribution in [0.3, 0.4) is 0 Å². The Morgan fingerprint density at radius 3 is 2.36 bits per heavy atom. The van der Waals surface area contributed by atoms with Crippen LogP contribution in [-0.2, 0) is 21.3 Å². The van der Waals surface area contributed by atoms with Gasteiger partial charge in [-0.25, -0.2) is 17.2 Å². The standard InChI is InChI=1S/C15H13ClF2O3S/c1-21-12-4-3-11(13(16)7-12)9-22(19,20)8-10-2-5-14(17)15(18)6-10/h2-7H,8-9H2,1H3. The molecule has 0 heterocycles. The highest BCUT2D eigenvalue weighted by Gasteiger charge is 2.16. The Balaban J connectivity index is 2.19. The van der Waals surface area contributed by atoms with Crippen LogP contribution in [0.4, 0.5) is 8.78 Å². The topological polar surface area (TPSA) is 43.4 Å². The zero-order chi connectivity index (χ0) is 16.3. The molecule has 0 saturated heterocycles. The first-order valence-corrected chi connectivity index (χ1v) is 8.47. The Morgan fingerprint density at radius 2 is 1.77 bits per heavy atom. The summed E-state index contributed by atoms with van der Waals surface area (Å²) in [7, 11) is -2.10. The summed E-state index contributed by atoms with van der Waals surface area (Å²) in [6.07, 6.45) is 0. The van der Waals surface area contributed by atoms with Gasteiger partial charge >= 0.3 is 0 Å². The minimum Gasteiger partial charge on any atom is -0.497 e. The Bertz CT molecular complexity index is 791. The number of sulfone groups is 1. The second-order valence-electron chi connectivity index (χ2n) is 4.74. The lowest BCUT2D eigenvalue weighted by Crippen LogP contribution is -2.08. The van der Waals surface area contributed by atoms with E-state index in [1.807, 2.05) is 0 Å². The Labute approximate surface area is 132 Å². The molecule has 2 aromatic rings. The van der Waals surface area contributed by atoms with Crippen molar-refractivity contribution >= 4 is 21.4 Å². The lowest BCUT2D eigenvalue weighted by Gasteiger charge is -2.08. The SMILES string of the molecule is COc1ccc(CS(=O)(=O)Cc2ccc(F)c(F)c2)c(Cl)c1. The Kier molecular flexibility index (Phi) is 5.03. The normalized spacial score (nSPS) is 11.5. The first-order chi connectivity index (χ1) is 10.3. The van der Waals surface area contributed by atoms with Crippen molar-refractivity contribution in [1.82, 2.24) is 0 Å². The van der Waals surface area contributed by atoms with Crippen LogP contribution in [0.15, 0.2) is 36.4 Å². The van der Waals surface area contributed by atoms with E-state index in [0.717, 1.165) is 12.1 Å². The molecule has 0 aliphatic heterocycles. The third-order valence-electron chi connectivity index (χ3n) is 3.01. The van der Waals surface area contributed by atoms with Gasteiger partial charge in [0.15, 0.2) is 21.5 Å². The smallest absolute Gasteiger partial charge is 0.159 e. The van der Waals surface area contributed by atoms with Gasteiger partial charge in [-0.05, 0) is 35.4 Å².